The number of ether oxygens (including phenoxy) is 1. The molecule has 1 saturated carbocycles. The van der Waals surface area contributed by atoms with Crippen LogP contribution in [-0.2, 0) is 6.54 Å². The summed E-state index contributed by atoms with van der Waals surface area (Å²) in [7, 11) is 0. The third kappa shape index (κ3) is 3.85. The summed E-state index contributed by atoms with van der Waals surface area (Å²) in [6, 6.07) is 6.19. The van der Waals surface area contributed by atoms with Gasteiger partial charge >= 0.3 is 0 Å². The van der Waals surface area contributed by atoms with Gasteiger partial charge in [-0.2, -0.15) is 0 Å². The zero-order valence-corrected chi connectivity index (χ0v) is 10.9. The van der Waals surface area contributed by atoms with E-state index in [4.69, 9.17) is 21.4 Å². The first kappa shape index (κ1) is 13.6. The Labute approximate surface area is 112 Å². The second kappa shape index (κ2) is 6.38. The van der Waals surface area contributed by atoms with E-state index in [9.17, 15) is 5.11 Å². The predicted molar refractivity (Wildman–Crippen MR) is 69.9 cm³/mol. The predicted octanol–water partition coefficient (Wildman–Crippen LogP) is 1.32. The zero-order chi connectivity index (χ0) is 13.0. The highest BCUT2D eigenvalue weighted by Crippen LogP contribution is 2.29. The first-order chi connectivity index (χ1) is 8.70. The molecule has 0 radical (unpaired) electrons. The zero-order valence-electron chi connectivity index (χ0n) is 10.1. The van der Waals surface area contributed by atoms with Crippen LogP contribution in [0.1, 0.15) is 18.4 Å². The molecule has 3 N–H and O–H groups in total. The lowest BCUT2D eigenvalue weighted by Gasteiger charge is -2.15. The first-order valence-electron chi connectivity index (χ1n) is 6.13. The summed E-state index contributed by atoms with van der Waals surface area (Å²) < 4.78 is 5.49. The van der Waals surface area contributed by atoms with Crippen molar-refractivity contribution in [3.05, 3.63) is 28.8 Å². The standard InChI is InChI=1S/C13H18ClNO3/c14-12-3-1-2-9(6-15-10-4-5-10)13(12)18-8-11(17)7-16/h1-3,10-11,15-17H,4-8H2. The average molecular weight is 272 g/mol. The van der Waals surface area contributed by atoms with Crippen molar-refractivity contribution < 1.29 is 14.9 Å². The van der Waals surface area contributed by atoms with Crippen LogP contribution < -0.4 is 10.1 Å². The van der Waals surface area contributed by atoms with Crippen molar-refractivity contribution >= 4 is 11.6 Å². The summed E-state index contributed by atoms with van der Waals surface area (Å²) in [5.41, 5.74) is 0.972. The quantitative estimate of drug-likeness (QED) is 0.700. The SMILES string of the molecule is OCC(O)COc1c(Cl)cccc1CNC1CC1. The molecule has 1 fully saturated rings. The fourth-order valence-electron chi connectivity index (χ4n) is 1.63. The van der Waals surface area contributed by atoms with Gasteiger partial charge in [0.1, 0.15) is 18.5 Å². The van der Waals surface area contributed by atoms with E-state index < -0.39 is 6.10 Å². The van der Waals surface area contributed by atoms with Crippen molar-refractivity contribution in [3.63, 3.8) is 0 Å². The fraction of sp³-hybridized carbons (Fsp3) is 0.538. The minimum absolute atomic E-state index is 0.0384. The molecule has 0 aromatic heterocycles. The van der Waals surface area contributed by atoms with E-state index in [1.54, 1.807) is 6.07 Å². The van der Waals surface area contributed by atoms with Crippen LogP contribution in [0.5, 0.6) is 5.75 Å². The molecule has 2 rings (SSSR count). The number of benzene rings is 1. The van der Waals surface area contributed by atoms with Crippen LogP contribution in [-0.4, -0.2) is 35.6 Å². The molecule has 1 aromatic carbocycles. The van der Waals surface area contributed by atoms with E-state index in [2.05, 4.69) is 5.32 Å². The van der Waals surface area contributed by atoms with Crippen LogP contribution in [0.25, 0.3) is 0 Å². The molecule has 0 amide bonds. The summed E-state index contributed by atoms with van der Waals surface area (Å²) in [5.74, 6) is 0.583. The van der Waals surface area contributed by atoms with Crippen molar-refractivity contribution in [2.75, 3.05) is 13.2 Å². The largest absolute Gasteiger partial charge is 0.489 e. The molecule has 1 aromatic rings. The van der Waals surface area contributed by atoms with Gasteiger partial charge in [0.25, 0.3) is 0 Å². The molecule has 5 heteroatoms. The van der Waals surface area contributed by atoms with Crippen molar-refractivity contribution in [1.82, 2.24) is 5.32 Å². The normalized spacial score (nSPS) is 16.6. The molecule has 0 heterocycles. The van der Waals surface area contributed by atoms with Gasteiger partial charge < -0.3 is 20.3 Å². The minimum Gasteiger partial charge on any atom is -0.489 e. The van der Waals surface area contributed by atoms with Crippen LogP contribution in [0.4, 0.5) is 0 Å². The number of rotatable bonds is 7. The van der Waals surface area contributed by atoms with Gasteiger partial charge in [-0.15, -0.1) is 0 Å². The maximum atomic E-state index is 9.30. The molecular formula is C13H18ClNO3. The first-order valence-corrected chi connectivity index (χ1v) is 6.51. The van der Waals surface area contributed by atoms with Crippen molar-refractivity contribution in [3.8, 4) is 5.75 Å². The molecule has 0 aliphatic heterocycles. The van der Waals surface area contributed by atoms with E-state index in [-0.39, 0.29) is 13.2 Å². The number of nitrogens with one attached hydrogen (secondary N) is 1. The third-order valence-corrected chi connectivity index (χ3v) is 3.14. The van der Waals surface area contributed by atoms with Crippen LogP contribution in [0, 0.1) is 0 Å². The van der Waals surface area contributed by atoms with E-state index in [0.29, 0.717) is 23.4 Å². The number of halogens is 1. The Balaban J connectivity index is 1.99. The van der Waals surface area contributed by atoms with Gasteiger partial charge in [0, 0.05) is 18.2 Å². The maximum Gasteiger partial charge on any atom is 0.142 e. The van der Waals surface area contributed by atoms with Crippen LogP contribution in [0.15, 0.2) is 18.2 Å². The highest BCUT2D eigenvalue weighted by atomic mass is 35.5. The average Bonchev–Trinajstić information content (AvgIpc) is 3.18. The Morgan fingerprint density at radius 3 is 2.89 bits per heavy atom. The number of para-hydroxylation sites is 1. The van der Waals surface area contributed by atoms with Gasteiger partial charge in [-0.05, 0) is 18.9 Å². The monoisotopic (exact) mass is 271 g/mol. The molecule has 0 saturated heterocycles. The smallest absolute Gasteiger partial charge is 0.142 e. The molecular weight excluding hydrogens is 254 g/mol. The Morgan fingerprint density at radius 2 is 2.22 bits per heavy atom. The lowest BCUT2D eigenvalue weighted by atomic mass is 10.2. The molecule has 1 aliphatic carbocycles. The van der Waals surface area contributed by atoms with Crippen molar-refractivity contribution in [2.45, 2.75) is 31.5 Å². The van der Waals surface area contributed by atoms with Crippen LogP contribution in [0.2, 0.25) is 5.02 Å². The van der Waals surface area contributed by atoms with Gasteiger partial charge in [-0.1, -0.05) is 23.7 Å². The molecule has 0 spiro atoms. The van der Waals surface area contributed by atoms with Crippen molar-refractivity contribution in [2.24, 2.45) is 0 Å². The van der Waals surface area contributed by atoms with Crippen LogP contribution >= 0.6 is 11.6 Å². The molecule has 100 valence electrons. The third-order valence-electron chi connectivity index (χ3n) is 2.84. The topological polar surface area (TPSA) is 61.7 Å². The molecule has 4 nitrogen and oxygen atoms in total. The molecule has 1 atom stereocenters. The second-order valence-electron chi connectivity index (χ2n) is 4.53. The Morgan fingerprint density at radius 1 is 1.44 bits per heavy atom. The number of aliphatic hydroxyl groups is 2. The van der Waals surface area contributed by atoms with Gasteiger partial charge in [0.2, 0.25) is 0 Å². The Hall–Kier alpha value is -0.810. The second-order valence-corrected chi connectivity index (χ2v) is 4.94. The molecule has 0 bridgehead atoms. The minimum atomic E-state index is -0.884. The van der Waals surface area contributed by atoms with Gasteiger partial charge in [-0.25, -0.2) is 0 Å². The summed E-state index contributed by atoms with van der Waals surface area (Å²) in [5, 5.41) is 22.0. The Bertz CT molecular complexity index is 396. The van der Waals surface area contributed by atoms with Crippen LogP contribution in [0.3, 0.4) is 0 Å². The highest BCUT2D eigenvalue weighted by molar-refractivity contribution is 6.32. The summed E-state index contributed by atoms with van der Waals surface area (Å²) in [6.45, 7) is 0.423. The molecule has 1 unspecified atom stereocenters. The summed E-state index contributed by atoms with van der Waals surface area (Å²) in [6.07, 6.45) is 1.56. The number of aliphatic hydroxyl groups excluding tert-OH is 2. The fourth-order valence-corrected chi connectivity index (χ4v) is 1.88. The van der Waals surface area contributed by atoms with Gasteiger partial charge in [0.15, 0.2) is 0 Å². The number of hydrogen-bond donors (Lipinski definition) is 3. The lowest BCUT2D eigenvalue weighted by Crippen LogP contribution is -2.22. The molecule has 1 aliphatic rings. The van der Waals surface area contributed by atoms with E-state index in [1.165, 1.54) is 12.8 Å². The molecule has 18 heavy (non-hydrogen) atoms. The van der Waals surface area contributed by atoms with Crippen molar-refractivity contribution in [1.29, 1.82) is 0 Å². The van der Waals surface area contributed by atoms with E-state index >= 15 is 0 Å². The van der Waals surface area contributed by atoms with E-state index in [1.807, 2.05) is 12.1 Å². The maximum absolute atomic E-state index is 9.30. The van der Waals surface area contributed by atoms with E-state index in [0.717, 1.165) is 5.56 Å². The summed E-state index contributed by atoms with van der Waals surface area (Å²) in [4.78, 5) is 0. The van der Waals surface area contributed by atoms with Gasteiger partial charge in [0.05, 0.1) is 11.6 Å². The van der Waals surface area contributed by atoms with Gasteiger partial charge in [-0.3, -0.25) is 0 Å². The highest BCUT2D eigenvalue weighted by Gasteiger charge is 2.21. The Kier molecular flexibility index (Phi) is 4.83. The number of hydrogen-bond acceptors (Lipinski definition) is 4. The lowest BCUT2D eigenvalue weighted by molar-refractivity contribution is 0.0533. The summed E-state index contributed by atoms with van der Waals surface area (Å²) >= 11 is 6.09.